The zero-order valence-electron chi connectivity index (χ0n) is 15.0. The molecule has 1 aliphatic carbocycles. The highest BCUT2D eigenvalue weighted by Crippen LogP contribution is 2.32. The van der Waals surface area contributed by atoms with Gasteiger partial charge in [-0.15, -0.1) is 11.8 Å². The van der Waals surface area contributed by atoms with Gasteiger partial charge in [0.1, 0.15) is 0 Å². The van der Waals surface area contributed by atoms with Crippen molar-refractivity contribution in [3.8, 4) is 0 Å². The number of amides is 1. The molecule has 0 radical (unpaired) electrons. The van der Waals surface area contributed by atoms with Crippen LogP contribution in [0.2, 0.25) is 0 Å². The van der Waals surface area contributed by atoms with E-state index < -0.39 is 27.0 Å². The summed E-state index contributed by atoms with van der Waals surface area (Å²) >= 11 is 1.19. The van der Waals surface area contributed by atoms with E-state index in [1.807, 2.05) is 6.92 Å². The van der Waals surface area contributed by atoms with Gasteiger partial charge in [-0.05, 0) is 38.3 Å². The van der Waals surface area contributed by atoms with Gasteiger partial charge >= 0.3 is 5.97 Å². The molecule has 1 saturated carbocycles. The summed E-state index contributed by atoms with van der Waals surface area (Å²) < 4.78 is 24.8. The van der Waals surface area contributed by atoms with Crippen LogP contribution in [-0.4, -0.2) is 42.4 Å². The van der Waals surface area contributed by atoms with Gasteiger partial charge < -0.3 is 10.4 Å². The lowest BCUT2D eigenvalue weighted by atomic mass is 10.0. The number of nitrogens with one attached hydrogen (secondary N) is 1. The second-order valence-corrected chi connectivity index (χ2v) is 9.98. The van der Waals surface area contributed by atoms with Crippen molar-refractivity contribution < 1.29 is 23.1 Å². The number of carboxylic acids is 1. The summed E-state index contributed by atoms with van der Waals surface area (Å²) in [5.41, 5.74) is 0. The minimum atomic E-state index is -3.38. The molecule has 0 saturated heterocycles. The summed E-state index contributed by atoms with van der Waals surface area (Å²) in [4.78, 5) is 24.5. The van der Waals surface area contributed by atoms with E-state index in [1.54, 1.807) is 31.2 Å². The molecule has 0 heterocycles. The van der Waals surface area contributed by atoms with E-state index in [0.717, 1.165) is 6.42 Å². The molecule has 3 atom stereocenters. The number of carbonyl (C=O) groups excluding carboxylic acids is 1. The predicted octanol–water partition coefficient (Wildman–Crippen LogP) is 2.72. The van der Waals surface area contributed by atoms with Crippen molar-refractivity contribution in [3.63, 3.8) is 0 Å². The number of rotatable bonds is 8. The van der Waals surface area contributed by atoms with E-state index in [-0.39, 0.29) is 22.6 Å². The molecule has 6 nitrogen and oxygen atoms in total. The van der Waals surface area contributed by atoms with Crippen LogP contribution in [0.5, 0.6) is 0 Å². The van der Waals surface area contributed by atoms with Gasteiger partial charge in [-0.1, -0.05) is 25.5 Å². The van der Waals surface area contributed by atoms with Gasteiger partial charge in [0.2, 0.25) is 5.91 Å². The molecule has 2 rings (SSSR count). The second-order valence-electron chi connectivity index (χ2n) is 6.52. The monoisotopic (exact) mass is 399 g/mol. The highest BCUT2D eigenvalue weighted by atomic mass is 32.2. The summed E-state index contributed by atoms with van der Waals surface area (Å²) in [6, 6.07) is 6.33. The van der Waals surface area contributed by atoms with E-state index in [4.69, 9.17) is 0 Å². The molecule has 26 heavy (non-hydrogen) atoms. The highest BCUT2D eigenvalue weighted by molar-refractivity contribution is 8.01. The Morgan fingerprint density at radius 2 is 2.00 bits per heavy atom. The first kappa shape index (κ1) is 20.8. The van der Waals surface area contributed by atoms with Gasteiger partial charge in [0.25, 0.3) is 0 Å². The Bertz CT molecular complexity index is 763. The minimum absolute atomic E-state index is 0.0630. The number of sulfone groups is 1. The minimum Gasteiger partial charge on any atom is -0.481 e. The maximum absolute atomic E-state index is 12.5. The molecule has 0 aliphatic heterocycles. The molecule has 0 spiro atoms. The van der Waals surface area contributed by atoms with Crippen LogP contribution in [-0.2, 0) is 19.4 Å². The number of benzene rings is 1. The van der Waals surface area contributed by atoms with Crippen LogP contribution in [0.15, 0.2) is 34.1 Å². The normalized spacial score (nSPS) is 21.3. The Hall–Kier alpha value is -1.54. The van der Waals surface area contributed by atoms with Crippen molar-refractivity contribution in [1.82, 2.24) is 5.32 Å². The Balaban J connectivity index is 2.09. The van der Waals surface area contributed by atoms with Crippen LogP contribution in [0, 0.1) is 5.92 Å². The van der Waals surface area contributed by atoms with Gasteiger partial charge in [-0.25, -0.2) is 8.42 Å². The van der Waals surface area contributed by atoms with Crippen LogP contribution in [0.1, 0.15) is 39.5 Å². The van der Waals surface area contributed by atoms with E-state index >= 15 is 0 Å². The third-order valence-corrected chi connectivity index (χ3v) is 7.77. The Morgan fingerprint density at radius 1 is 1.31 bits per heavy atom. The predicted molar refractivity (Wildman–Crippen MR) is 101 cm³/mol. The smallest absolute Gasteiger partial charge is 0.308 e. The molecule has 1 fully saturated rings. The average molecular weight is 400 g/mol. The largest absolute Gasteiger partial charge is 0.481 e. The fraction of sp³-hybridized carbons (Fsp3) is 0.556. The Kier molecular flexibility index (Phi) is 7.11. The number of thioether (sulfide) groups is 1. The zero-order valence-corrected chi connectivity index (χ0v) is 16.6. The van der Waals surface area contributed by atoms with Crippen LogP contribution in [0.4, 0.5) is 0 Å². The lowest BCUT2D eigenvalue weighted by Gasteiger charge is -2.20. The van der Waals surface area contributed by atoms with Crippen molar-refractivity contribution in [2.75, 3.05) is 5.75 Å². The van der Waals surface area contributed by atoms with E-state index in [2.05, 4.69) is 5.32 Å². The average Bonchev–Trinajstić information content (AvgIpc) is 3.03. The van der Waals surface area contributed by atoms with Crippen LogP contribution >= 0.6 is 11.8 Å². The SMILES string of the molecule is CCCS(=O)(=O)c1ccccc1SC(C)C(=O)N[C@@H]1CCC[C@@H]1C(=O)O. The first-order valence-electron chi connectivity index (χ1n) is 8.78. The summed E-state index contributed by atoms with van der Waals surface area (Å²) in [5.74, 6) is -1.64. The molecule has 1 aromatic carbocycles. The molecule has 0 aromatic heterocycles. The van der Waals surface area contributed by atoms with Gasteiger partial charge in [-0.2, -0.15) is 0 Å². The molecule has 0 bridgehead atoms. The molecule has 8 heteroatoms. The van der Waals surface area contributed by atoms with E-state index in [9.17, 15) is 23.1 Å². The molecule has 1 unspecified atom stereocenters. The van der Waals surface area contributed by atoms with Gasteiger partial charge in [-0.3, -0.25) is 9.59 Å². The molecular formula is C18H25NO5S2. The van der Waals surface area contributed by atoms with Crippen LogP contribution < -0.4 is 5.32 Å². The standard InChI is InChI=1S/C18H25NO5S2/c1-3-11-26(23,24)16-10-5-4-9-15(16)25-12(2)17(20)19-14-8-6-7-13(14)18(21)22/h4-5,9-10,12-14H,3,6-8,11H2,1-2H3,(H,19,20)(H,21,22)/t12?,13-,14+/m0/s1. The zero-order chi connectivity index (χ0) is 19.3. The number of hydrogen-bond acceptors (Lipinski definition) is 5. The fourth-order valence-electron chi connectivity index (χ4n) is 3.16. The molecule has 1 aromatic rings. The first-order valence-corrected chi connectivity index (χ1v) is 11.3. The lowest BCUT2D eigenvalue weighted by Crippen LogP contribution is -2.43. The third kappa shape index (κ3) is 5.01. The summed E-state index contributed by atoms with van der Waals surface area (Å²) in [7, 11) is -3.38. The first-order chi connectivity index (χ1) is 12.3. The van der Waals surface area contributed by atoms with Gasteiger partial charge in [0.15, 0.2) is 9.84 Å². The van der Waals surface area contributed by atoms with Crippen molar-refractivity contribution >= 4 is 33.5 Å². The van der Waals surface area contributed by atoms with Crippen LogP contribution in [0.3, 0.4) is 0 Å². The summed E-state index contributed by atoms with van der Waals surface area (Å²) in [5, 5.41) is 11.5. The molecule has 144 valence electrons. The van der Waals surface area contributed by atoms with Crippen molar-refractivity contribution in [2.24, 2.45) is 5.92 Å². The third-order valence-electron chi connectivity index (χ3n) is 4.49. The van der Waals surface area contributed by atoms with Crippen molar-refractivity contribution in [2.45, 2.75) is 60.6 Å². The molecule has 2 N–H and O–H groups in total. The Morgan fingerprint density at radius 3 is 2.65 bits per heavy atom. The number of carboxylic acid groups (broad SMARTS) is 1. The summed E-state index contributed by atoms with van der Waals surface area (Å²) in [6.45, 7) is 3.51. The van der Waals surface area contributed by atoms with Gasteiger partial charge in [0, 0.05) is 10.9 Å². The number of hydrogen-bond donors (Lipinski definition) is 2. The van der Waals surface area contributed by atoms with E-state index in [0.29, 0.717) is 24.2 Å². The lowest BCUT2D eigenvalue weighted by molar-refractivity contribution is -0.142. The fourth-order valence-corrected chi connectivity index (χ4v) is 6.00. The molecule has 1 amide bonds. The quantitative estimate of drug-likeness (QED) is 0.652. The van der Waals surface area contributed by atoms with Gasteiger partial charge in [0.05, 0.1) is 21.8 Å². The van der Waals surface area contributed by atoms with Crippen molar-refractivity contribution in [1.29, 1.82) is 0 Å². The Labute approximate surface area is 158 Å². The maximum atomic E-state index is 12.5. The highest BCUT2D eigenvalue weighted by Gasteiger charge is 2.34. The number of carbonyl (C=O) groups is 2. The molecular weight excluding hydrogens is 374 g/mol. The van der Waals surface area contributed by atoms with Crippen molar-refractivity contribution in [3.05, 3.63) is 24.3 Å². The maximum Gasteiger partial charge on any atom is 0.308 e. The topological polar surface area (TPSA) is 101 Å². The summed E-state index contributed by atoms with van der Waals surface area (Å²) in [6.07, 6.45) is 2.53. The van der Waals surface area contributed by atoms with E-state index in [1.165, 1.54) is 11.8 Å². The molecule has 1 aliphatic rings. The second kappa shape index (κ2) is 8.90. The van der Waals surface area contributed by atoms with Crippen LogP contribution in [0.25, 0.3) is 0 Å². The number of aliphatic carboxylic acids is 1.